The molecule has 0 atom stereocenters. The van der Waals surface area contributed by atoms with Gasteiger partial charge in [-0.05, 0) is 56.4 Å². The zero-order valence-electron chi connectivity index (χ0n) is 28.4. The molecule has 0 aromatic heterocycles. The Labute approximate surface area is 270 Å². The fourth-order valence-corrected chi connectivity index (χ4v) is 7.13. The molecular weight excluding hydrogens is 589 g/mol. The molecule has 8 heteroatoms. The number of halogens is 3. The van der Waals surface area contributed by atoms with Gasteiger partial charge in [0.2, 0.25) is 5.69 Å². The SMILES string of the molecule is COc1cccc2c1C(C)(C)/C(=C/C1=C([O-])C(=C\C3=[N+](CCC(C)C)c4cccc(C(F)(F)F)c4C3(C)C)/C1=O)N2CCC(C)C. The van der Waals surface area contributed by atoms with Crippen LogP contribution in [-0.2, 0) is 21.8 Å². The maximum Gasteiger partial charge on any atom is 0.416 e. The molecule has 2 heterocycles. The van der Waals surface area contributed by atoms with Gasteiger partial charge in [0.1, 0.15) is 12.3 Å². The summed E-state index contributed by atoms with van der Waals surface area (Å²) < 4.78 is 50.3. The Morgan fingerprint density at radius 1 is 0.935 bits per heavy atom. The summed E-state index contributed by atoms with van der Waals surface area (Å²) in [5, 5.41) is 13.8. The third-order valence-corrected chi connectivity index (χ3v) is 9.67. The third-order valence-electron chi connectivity index (χ3n) is 9.67. The summed E-state index contributed by atoms with van der Waals surface area (Å²) in [4.78, 5) is 16.0. The van der Waals surface area contributed by atoms with Crippen LogP contribution >= 0.6 is 0 Å². The molecule has 46 heavy (non-hydrogen) atoms. The van der Waals surface area contributed by atoms with Crippen molar-refractivity contribution < 1.29 is 32.4 Å². The average Bonchev–Trinajstić information content (AvgIpc) is 3.33. The van der Waals surface area contributed by atoms with Crippen molar-refractivity contribution >= 4 is 22.9 Å². The quantitative estimate of drug-likeness (QED) is 0.207. The summed E-state index contributed by atoms with van der Waals surface area (Å²) >= 11 is 0. The van der Waals surface area contributed by atoms with E-state index < -0.39 is 22.6 Å². The van der Waals surface area contributed by atoms with E-state index in [1.807, 2.05) is 22.8 Å². The predicted octanol–water partition coefficient (Wildman–Crippen LogP) is 7.99. The molecule has 2 aromatic carbocycles. The summed E-state index contributed by atoms with van der Waals surface area (Å²) in [5.74, 6) is 0.719. The lowest BCUT2D eigenvalue weighted by Crippen LogP contribution is -2.35. The van der Waals surface area contributed by atoms with E-state index in [1.165, 1.54) is 6.07 Å². The minimum atomic E-state index is -4.54. The Balaban J connectivity index is 1.62. The molecule has 2 aliphatic heterocycles. The number of Topliss-reactive ketones (excluding diaryl/α,β-unsaturated/α-hetero) is 1. The van der Waals surface area contributed by atoms with E-state index in [4.69, 9.17) is 4.74 Å². The van der Waals surface area contributed by atoms with Gasteiger partial charge in [0.15, 0.2) is 11.5 Å². The fraction of sp³-hybridized carbons (Fsp3) is 0.474. The Bertz CT molecular complexity index is 1700. The third kappa shape index (κ3) is 5.47. The minimum absolute atomic E-state index is 0.00506. The zero-order chi connectivity index (χ0) is 33.9. The molecule has 0 saturated carbocycles. The van der Waals surface area contributed by atoms with Gasteiger partial charge in [-0.2, -0.15) is 17.7 Å². The normalized spacial score (nSPS) is 20.4. The summed E-state index contributed by atoms with van der Waals surface area (Å²) in [7, 11) is 1.64. The highest BCUT2D eigenvalue weighted by Crippen LogP contribution is 2.53. The van der Waals surface area contributed by atoms with Crippen molar-refractivity contribution in [3.05, 3.63) is 87.8 Å². The van der Waals surface area contributed by atoms with E-state index in [0.29, 0.717) is 36.3 Å². The van der Waals surface area contributed by atoms with Crippen molar-refractivity contribution in [2.45, 2.75) is 85.2 Å². The van der Waals surface area contributed by atoms with Crippen LogP contribution < -0.4 is 14.7 Å². The lowest BCUT2D eigenvalue weighted by Gasteiger charge is -2.33. The van der Waals surface area contributed by atoms with Crippen LogP contribution in [0.3, 0.4) is 0 Å². The number of benzene rings is 2. The maximum atomic E-state index is 14.2. The van der Waals surface area contributed by atoms with Crippen LogP contribution in [0.2, 0.25) is 0 Å². The number of rotatable bonds is 9. The second-order valence-corrected chi connectivity index (χ2v) is 14.5. The van der Waals surface area contributed by atoms with E-state index in [0.717, 1.165) is 41.6 Å². The van der Waals surface area contributed by atoms with Crippen molar-refractivity contribution in [1.82, 2.24) is 0 Å². The number of hydrogen-bond donors (Lipinski definition) is 0. The van der Waals surface area contributed by atoms with Gasteiger partial charge < -0.3 is 14.7 Å². The van der Waals surface area contributed by atoms with Crippen molar-refractivity contribution in [3.63, 3.8) is 0 Å². The minimum Gasteiger partial charge on any atom is -0.871 e. The number of methoxy groups -OCH3 is 1. The number of alkyl halides is 3. The Morgan fingerprint density at radius 3 is 2.17 bits per heavy atom. The molecule has 1 aliphatic carbocycles. The first-order chi connectivity index (χ1) is 21.4. The van der Waals surface area contributed by atoms with Crippen LogP contribution in [-0.4, -0.2) is 36.3 Å². The number of carbonyl (C=O) groups is 1. The number of allylic oxidation sites excluding steroid dienone is 5. The largest absolute Gasteiger partial charge is 0.871 e. The number of carbonyl (C=O) groups excluding carboxylic acids is 1. The molecule has 0 unspecified atom stereocenters. The molecule has 0 amide bonds. The molecule has 0 bridgehead atoms. The van der Waals surface area contributed by atoms with Crippen molar-refractivity contribution in [2.75, 3.05) is 25.1 Å². The van der Waals surface area contributed by atoms with Crippen LogP contribution in [0.4, 0.5) is 24.5 Å². The van der Waals surface area contributed by atoms with Crippen LogP contribution in [0.25, 0.3) is 0 Å². The average molecular weight is 635 g/mol. The number of fused-ring (bicyclic) bond motifs is 2. The number of ether oxygens (including phenoxy) is 1. The first-order valence-corrected chi connectivity index (χ1v) is 16.1. The molecule has 5 rings (SSSR count). The number of anilines is 1. The summed E-state index contributed by atoms with van der Waals surface area (Å²) in [6.07, 6.45) is 0.363. The van der Waals surface area contributed by atoms with E-state index in [-0.39, 0.29) is 28.3 Å². The van der Waals surface area contributed by atoms with Gasteiger partial charge in [-0.25, -0.2) is 0 Å². The molecule has 246 valence electrons. The van der Waals surface area contributed by atoms with Crippen LogP contribution in [0, 0.1) is 11.8 Å². The standard InChI is InChI=1S/C38H45F3N2O3/c1-22(2)16-18-42-27-13-10-12-26(38(39,40)41)32(27)36(5,6)30(42)20-24-34(44)25(35(24)45)21-31-37(7,8)33-28(14-11-15-29(33)46-9)43(31)19-17-23(3)4/h10-15,20-23H,16-19H2,1-9H3. The molecule has 0 saturated heterocycles. The van der Waals surface area contributed by atoms with Crippen LogP contribution in [0.15, 0.2) is 71.2 Å². The fourth-order valence-electron chi connectivity index (χ4n) is 7.13. The first kappa shape index (κ1) is 33.6. The Hall–Kier alpha value is -3.81. The smallest absolute Gasteiger partial charge is 0.416 e. The first-order valence-electron chi connectivity index (χ1n) is 16.1. The van der Waals surface area contributed by atoms with Crippen molar-refractivity contribution in [2.24, 2.45) is 11.8 Å². The number of hydrogen-bond acceptors (Lipinski definition) is 4. The molecule has 2 aromatic rings. The topological polar surface area (TPSA) is 55.6 Å². The lowest BCUT2D eigenvalue weighted by atomic mass is 9.76. The molecule has 0 N–H and O–H groups in total. The lowest BCUT2D eigenvalue weighted by molar-refractivity contribution is -0.439. The molecule has 0 fully saturated rings. The van der Waals surface area contributed by atoms with Gasteiger partial charge in [-0.1, -0.05) is 59.4 Å². The van der Waals surface area contributed by atoms with E-state index in [9.17, 15) is 23.1 Å². The number of nitrogens with zero attached hydrogens (tertiary/aromatic N) is 2. The predicted molar refractivity (Wildman–Crippen MR) is 175 cm³/mol. The molecule has 5 nitrogen and oxygen atoms in total. The summed E-state index contributed by atoms with van der Waals surface area (Å²) in [5.41, 5.74) is 1.79. The summed E-state index contributed by atoms with van der Waals surface area (Å²) in [6.45, 7) is 17.2. The highest BCUT2D eigenvalue weighted by molar-refractivity contribution is 6.24. The molecule has 0 spiro atoms. The van der Waals surface area contributed by atoms with E-state index in [1.54, 1.807) is 39.2 Å². The Kier molecular flexibility index (Phi) is 8.58. The van der Waals surface area contributed by atoms with Gasteiger partial charge in [0, 0.05) is 58.6 Å². The second kappa shape index (κ2) is 11.8. The van der Waals surface area contributed by atoms with Crippen LogP contribution in [0.5, 0.6) is 5.75 Å². The van der Waals surface area contributed by atoms with Crippen LogP contribution in [0.1, 0.15) is 84.9 Å². The van der Waals surface area contributed by atoms with Gasteiger partial charge in [-0.3, -0.25) is 4.79 Å². The van der Waals surface area contributed by atoms with Gasteiger partial charge in [-0.15, -0.1) is 0 Å². The van der Waals surface area contributed by atoms with E-state index >= 15 is 0 Å². The zero-order valence-corrected chi connectivity index (χ0v) is 28.4. The summed E-state index contributed by atoms with van der Waals surface area (Å²) in [6, 6.07) is 10.1. The molecular formula is C38H45F3N2O3. The second-order valence-electron chi connectivity index (χ2n) is 14.5. The molecule has 3 aliphatic rings. The monoisotopic (exact) mass is 634 g/mol. The van der Waals surface area contributed by atoms with Gasteiger partial charge in [0.05, 0.1) is 23.7 Å². The van der Waals surface area contributed by atoms with E-state index in [2.05, 4.69) is 46.4 Å². The number of ketones is 1. The molecule has 0 radical (unpaired) electrons. The maximum absolute atomic E-state index is 14.2. The highest BCUT2D eigenvalue weighted by atomic mass is 19.4. The highest BCUT2D eigenvalue weighted by Gasteiger charge is 2.51. The van der Waals surface area contributed by atoms with Gasteiger partial charge >= 0.3 is 6.18 Å². The van der Waals surface area contributed by atoms with Crippen molar-refractivity contribution in [3.8, 4) is 5.75 Å². The van der Waals surface area contributed by atoms with Crippen molar-refractivity contribution in [1.29, 1.82) is 0 Å². The van der Waals surface area contributed by atoms with Gasteiger partial charge in [0.25, 0.3) is 0 Å². The Morgan fingerprint density at radius 2 is 1.59 bits per heavy atom.